The van der Waals surface area contributed by atoms with Crippen LogP contribution in [0.5, 0.6) is 11.5 Å². The van der Waals surface area contributed by atoms with E-state index >= 15 is 0 Å². The van der Waals surface area contributed by atoms with Crippen LogP contribution in [0.25, 0.3) is 0 Å². The molecule has 0 saturated carbocycles. The van der Waals surface area contributed by atoms with Crippen LogP contribution in [0.4, 0.5) is 4.39 Å². The largest absolute Gasteiger partial charge is 0.454 e. The minimum Gasteiger partial charge on any atom is -0.454 e. The van der Waals surface area contributed by atoms with E-state index in [-0.39, 0.29) is 12.6 Å². The van der Waals surface area contributed by atoms with Gasteiger partial charge in [0.25, 0.3) is 0 Å². The fraction of sp³-hybridized carbons (Fsp3) is 0.250. The van der Waals surface area contributed by atoms with Crippen LogP contribution in [0.1, 0.15) is 16.7 Å². The molecular weight excluding hydrogens is 273 g/mol. The Morgan fingerprint density at radius 1 is 1.00 bits per heavy atom. The highest BCUT2D eigenvalue weighted by Crippen LogP contribution is 2.32. The molecule has 1 aliphatic heterocycles. The van der Waals surface area contributed by atoms with Crippen LogP contribution >= 0.6 is 0 Å². The predicted molar refractivity (Wildman–Crippen MR) is 75.3 cm³/mol. The van der Waals surface area contributed by atoms with Crippen molar-refractivity contribution in [2.75, 3.05) is 6.79 Å². The van der Waals surface area contributed by atoms with Gasteiger partial charge in [0.1, 0.15) is 5.82 Å². The first-order valence-corrected chi connectivity index (χ1v) is 6.70. The first kappa shape index (κ1) is 13.9. The van der Waals surface area contributed by atoms with Crippen LogP contribution in [0.3, 0.4) is 0 Å². The second-order valence-electron chi connectivity index (χ2n) is 4.80. The summed E-state index contributed by atoms with van der Waals surface area (Å²) >= 11 is 0. The SMILES string of the molecule is NCc1cc(F)ccc1COCc1ccc2c(c1)OCO2. The zero-order valence-corrected chi connectivity index (χ0v) is 11.5. The van der Waals surface area contributed by atoms with Crippen molar-refractivity contribution in [3.63, 3.8) is 0 Å². The first-order chi connectivity index (χ1) is 10.3. The van der Waals surface area contributed by atoms with Gasteiger partial charge in [0.2, 0.25) is 6.79 Å². The Hall–Kier alpha value is -2.11. The molecule has 2 aromatic rings. The Labute approximate surface area is 122 Å². The molecule has 0 amide bonds. The lowest BCUT2D eigenvalue weighted by Crippen LogP contribution is -2.04. The Bertz CT molecular complexity index is 645. The second-order valence-corrected chi connectivity index (χ2v) is 4.80. The summed E-state index contributed by atoms with van der Waals surface area (Å²) in [5.41, 5.74) is 8.27. The summed E-state index contributed by atoms with van der Waals surface area (Å²) in [4.78, 5) is 0. The molecular formula is C16H16FNO3. The molecule has 0 aliphatic carbocycles. The van der Waals surface area contributed by atoms with Crippen molar-refractivity contribution in [1.82, 2.24) is 0 Å². The van der Waals surface area contributed by atoms with Gasteiger partial charge in [-0.15, -0.1) is 0 Å². The predicted octanol–water partition coefficient (Wildman–Crippen LogP) is 2.73. The molecule has 0 bridgehead atoms. The van der Waals surface area contributed by atoms with Gasteiger partial charge in [-0.05, 0) is 41.0 Å². The summed E-state index contributed by atoms with van der Waals surface area (Å²) in [5, 5.41) is 0. The molecule has 0 atom stereocenters. The van der Waals surface area contributed by atoms with E-state index in [0.717, 1.165) is 28.2 Å². The standard InChI is InChI=1S/C16H16FNO3/c17-14-3-2-12(13(6-14)7-18)9-19-8-11-1-4-15-16(5-11)21-10-20-15/h1-6H,7-10,18H2. The molecule has 5 heteroatoms. The number of hydrogen-bond acceptors (Lipinski definition) is 4. The van der Waals surface area contributed by atoms with Gasteiger partial charge in [0, 0.05) is 6.54 Å². The average Bonchev–Trinajstić information content (AvgIpc) is 2.96. The quantitative estimate of drug-likeness (QED) is 0.919. The van der Waals surface area contributed by atoms with Gasteiger partial charge in [0.05, 0.1) is 13.2 Å². The van der Waals surface area contributed by atoms with E-state index in [0.29, 0.717) is 19.8 Å². The summed E-state index contributed by atoms with van der Waals surface area (Å²) in [6, 6.07) is 10.3. The van der Waals surface area contributed by atoms with E-state index in [4.69, 9.17) is 19.9 Å². The molecule has 0 aromatic heterocycles. The zero-order valence-electron chi connectivity index (χ0n) is 11.5. The fourth-order valence-electron chi connectivity index (χ4n) is 2.23. The number of hydrogen-bond donors (Lipinski definition) is 1. The zero-order chi connectivity index (χ0) is 14.7. The third-order valence-corrected chi connectivity index (χ3v) is 3.35. The van der Waals surface area contributed by atoms with Crippen molar-refractivity contribution in [2.24, 2.45) is 5.73 Å². The van der Waals surface area contributed by atoms with Crippen molar-refractivity contribution in [3.8, 4) is 11.5 Å². The van der Waals surface area contributed by atoms with E-state index in [1.165, 1.54) is 12.1 Å². The Balaban J connectivity index is 1.61. The van der Waals surface area contributed by atoms with Crippen LogP contribution < -0.4 is 15.2 Å². The summed E-state index contributed by atoms with van der Waals surface area (Å²) < 4.78 is 29.4. The molecule has 0 spiro atoms. The van der Waals surface area contributed by atoms with Gasteiger partial charge in [-0.1, -0.05) is 12.1 Å². The molecule has 4 nitrogen and oxygen atoms in total. The molecule has 3 rings (SSSR count). The molecule has 1 aliphatic rings. The topological polar surface area (TPSA) is 53.7 Å². The Kier molecular flexibility index (Phi) is 4.03. The fourth-order valence-corrected chi connectivity index (χ4v) is 2.23. The maximum atomic E-state index is 13.1. The summed E-state index contributed by atoms with van der Waals surface area (Å²) in [5.74, 6) is 1.21. The van der Waals surface area contributed by atoms with E-state index in [9.17, 15) is 4.39 Å². The van der Waals surface area contributed by atoms with Gasteiger partial charge in [-0.3, -0.25) is 0 Å². The molecule has 2 N–H and O–H groups in total. The van der Waals surface area contributed by atoms with Crippen LogP contribution in [0, 0.1) is 5.82 Å². The number of halogens is 1. The van der Waals surface area contributed by atoms with Gasteiger partial charge < -0.3 is 19.9 Å². The highest BCUT2D eigenvalue weighted by molar-refractivity contribution is 5.44. The second kappa shape index (κ2) is 6.11. The maximum absolute atomic E-state index is 13.1. The molecule has 0 radical (unpaired) electrons. The third kappa shape index (κ3) is 3.15. The molecule has 110 valence electrons. The number of benzene rings is 2. The third-order valence-electron chi connectivity index (χ3n) is 3.35. The molecule has 21 heavy (non-hydrogen) atoms. The van der Waals surface area contributed by atoms with Crippen LogP contribution in [-0.2, 0) is 24.5 Å². The van der Waals surface area contributed by atoms with Crippen molar-refractivity contribution >= 4 is 0 Å². The van der Waals surface area contributed by atoms with Crippen molar-refractivity contribution in [1.29, 1.82) is 0 Å². The highest BCUT2D eigenvalue weighted by Gasteiger charge is 2.13. The molecule has 1 heterocycles. The summed E-state index contributed by atoms with van der Waals surface area (Å²) in [6.07, 6.45) is 0. The number of nitrogens with two attached hydrogens (primary N) is 1. The van der Waals surface area contributed by atoms with Crippen LogP contribution in [-0.4, -0.2) is 6.79 Å². The van der Waals surface area contributed by atoms with E-state index in [2.05, 4.69) is 0 Å². The highest BCUT2D eigenvalue weighted by atomic mass is 19.1. The number of rotatable bonds is 5. The van der Waals surface area contributed by atoms with Gasteiger partial charge in [-0.25, -0.2) is 4.39 Å². The van der Waals surface area contributed by atoms with Gasteiger partial charge >= 0.3 is 0 Å². The van der Waals surface area contributed by atoms with Crippen molar-refractivity contribution < 1.29 is 18.6 Å². The molecule has 2 aromatic carbocycles. The lowest BCUT2D eigenvalue weighted by atomic mass is 10.1. The Morgan fingerprint density at radius 3 is 2.71 bits per heavy atom. The summed E-state index contributed by atoms with van der Waals surface area (Å²) in [6.45, 7) is 1.38. The van der Waals surface area contributed by atoms with Crippen LogP contribution in [0.2, 0.25) is 0 Å². The van der Waals surface area contributed by atoms with E-state index in [1.54, 1.807) is 6.07 Å². The summed E-state index contributed by atoms with van der Waals surface area (Å²) in [7, 11) is 0. The minimum absolute atomic E-state index is 0.259. The molecule has 0 unspecified atom stereocenters. The smallest absolute Gasteiger partial charge is 0.231 e. The lowest BCUT2D eigenvalue weighted by Gasteiger charge is -2.09. The molecule has 0 fully saturated rings. The first-order valence-electron chi connectivity index (χ1n) is 6.70. The van der Waals surface area contributed by atoms with Crippen molar-refractivity contribution in [2.45, 2.75) is 19.8 Å². The maximum Gasteiger partial charge on any atom is 0.231 e. The van der Waals surface area contributed by atoms with Gasteiger partial charge in [0.15, 0.2) is 11.5 Å². The number of fused-ring (bicyclic) bond motifs is 1. The van der Waals surface area contributed by atoms with Gasteiger partial charge in [-0.2, -0.15) is 0 Å². The number of ether oxygens (including phenoxy) is 3. The average molecular weight is 289 g/mol. The minimum atomic E-state index is -0.282. The molecule has 0 saturated heterocycles. The van der Waals surface area contributed by atoms with E-state index in [1.807, 2.05) is 18.2 Å². The van der Waals surface area contributed by atoms with Crippen LogP contribution in [0.15, 0.2) is 36.4 Å². The normalized spacial score (nSPS) is 12.7. The monoisotopic (exact) mass is 289 g/mol. The lowest BCUT2D eigenvalue weighted by molar-refractivity contribution is 0.106. The van der Waals surface area contributed by atoms with Crippen molar-refractivity contribution in [3.05, 3.63) is 58.9 Å². The Morgan fingerprint density at radius 2 is 1.86 bits per heavy atom. The van der Waals surface area contributed by atoms with E-state index < -0.39 is 0 Å².